The first-order valence-corrected chi connectivity index (χ1v) is 14.0. The van der Waals surface area contributed by atoms with Crippen molar-refractivity contribution in [2.45, 2.75) is 32.0 Å². The number of carbonyl (C=O) groups excluding carboxylic acids is 1. The number of imidazole rings is 1. The number of carbonyl (C=O) groups is 1. The first-order chi connectivity index (χ1) is 20.4. The van der Waals surface area contributed by atoms with Crippen LogP contribution in [-0.4, -0.2) is 62.7 Å². The van der Waals surface area contributed by atoms with Crippen molar-refractivity contribution in [1.82, 2.24) is 24.2 Å². The summed E-state index contributed by atoms with van der Waals surface area (Å²) < 4.78 is 45.4. The van der Waals surface area contributed by atoms with Crippen molar-refractivity contribution < 1.29 is 22.4 Å². The smallest absolute Gasteiger partial charge is 0.335 e. The Kier molecular flexibility index (Phi) is 6.81. The highest BCUT2D eigenvalue weighted by molar-refractivity contribution is 5.83. The molecule has 0 spiro atoms. The Morgan fingerprint density at radius 3 is 2.35 bits per heavy atom. The molecule has 1 unspecified atom stereocenters. The molecule has 1 aliphatic heterocycles. The van der Waals surface area contributed by atoms with E-state index in [9.17, 15) is 22.8 Å². The molecule has 0 bridgehead atoms. The van der Waals surface area contributed by atoms with E-state index in [-0.39, 0.29) is 23.1 Å². The number of nitrogens with zero attached hydrogens (tertiary/aromatic N) is 6. The van der Waals surface area contributed by atoms with Gasteiger partial charge in [-0.1, -0.05) is 18.2 Å². The van der Waals surface area contributed by atoms with Crippen LogP contribution in [0.25, 0.3) is 27.6 Å². The van der Waals surface area contributed by atoms with Crippen LogP contribution in [0.15, 0.2) is 65.6 Å². The molecule has 12 heteroatoms. The summed E-state index contributed by atoms with van der Waals surface area (Å²) in [5, 5.41) is 7.46. The fraction of sp³-hybridized carbons (Fsp3) is 0.355. The molecule has 2 fully saturated rings. The molecule has 222 valence electrons. The van der Waals surface area contributed by atoms with Crippen molar-refractivity contribution in [3.8, 4) is 22.8 Å². The number of amides is 1. The lowest BCUT2D eigenvalue weighted by Gasteiger charge is -2.25. The highest BCUT2D eigenvalue weighted by Gasteiger charge is 2.47. The third-order valence-corrected chi connectivity index (χ3v) is 8.65. The standard InChI is InChI=1S/C31H30F3N7O2/c1-19-28(27-12-13-36-40(27)25-10-8-23(35-2)9-11-25)39(29(42)37-24-14-20-17-41(3,4)18-21(20)15-24)30(43)38(19)26-7-5-6-22(16-26)31(32,33)34/h5-13,16,20-21,24H,14-15,17-18H2,1,3-4H3/p+1/t20-,21+,24?. The second-order valence-electron chi connectivity index (χ2n) is 12.1. The van der Waals surface area contributed by atoms with Crippen LogP contribution >= 0.6 is 0 Å². The first-order valence-electron chi connectivity index (χ1n) is 14.0. The minimum Gasteiger partial charge on any atom is -0.335 e. The molecule has 1 saturated carbocycles. The van der Waals surface area contributed by atoms with Gasteiger partial charge >= 0.3 is 17.9 Å². The van der Waals surface area contributed by atoms with Crippen molar-refractivity contribution in [3.63, 3.8) is 0 Å². The fourth-order valence-corrected chi connectivity index (χ4v) is 6.94. The summed E-state index contributed by atoms with van der Waals surface area (Å²) in [5.41, 5.74) is 0.215. The molecule has 1 aliphatic carbocycles. The zero-order valence-corrected chi connectivity index (χ0v) is 24.0. The Bertz CT molecular complexity index is 1790. The molecule has 2 aromatic carbocycles. The van der Waals surface area contributed by atoms with E-state index in [1.54, 1.807) is 37.3 Å². The maximum absolute atomic E-state index is 14.0. The van der Waals surface area contributed by atoms with Gasteiger partial charge in [0.15, 0.2) is 5.69 Å². The normalized spacial score (nSPS) is 21.0. The van der Waals surface area contributed by atoms with Gasteiger partial charge in [0, 0.05) is 17.9 Å². The number of fused-ring (bicyclic) bond motifs is 1. The van der Waals surface area contributed by atoms with Crippen LogP contribution in [0.5, 0.6) is 0 Å². The van der Waals surface area contributed by atoms with Crippen molar-refractivity contribution >= 4 is 11.7 Å². The summed E-state index contributed by atoms with van der Waals surface area (Å²) in [6, 6.07) is 12.0. The lowest BCUT2D eigenvalue weighted by Crippen LogP contribution is -2.43. The Balaban J connectivity index is 1.45. The largest absolute Gasteiger partial charge is 0.416 e. The second-order valence-corrected chi connectivity index (χ2v) is 12.1. The summed E-state index contributed by atoms with van der Waals surface area (Å²) in [5.74, 6) is 0.959. The third kappa shape index (κ3) is 5.14. The number of alkyl halides is 3. The first kappa shape index (κ1) is 28.5. The highest BCUT2D eigenvalue weighted by atomic mass is 19.4. The Labute approximate surface area is 246 Å². The molecule has 43 heavy (non-hydrogen) atoms. The van der Waals surface area contributed by atoms with Crippen molar-refractivity contribution in [3.05, 3.63) is 94.0 Å². The monoisotopic (exact) mass is 590 g/mol. The van der Waals surface area contributed by atoms with Crippen molar-refractivity contribution in [1.29, 1.82) is 0 Å². The van der Waals surface area contributed by atoms with E-state index in [1.165, 1.54) is 23.0 Å². The zero-order chi connectivity index (χ0) is 30.7. The number of rotatable bonds is 4. The van der Waals surface area contributed by atoms with E-state index in [0.717, 1.165) is 51.7 Å². The summed E-state index contributed by atoms with van der Waals surface area (Å²) in [6.45, 7) is 10.9. The molecular weight excluding hydrogens is 559 g/mol. The van der Waals surface area contributed by atoms with E-state index in [0.29, 0.717) is 28.9 Å². The van der Waals surface area contributed by atoms with Gasteiger partial charge in [-0.05, 0) is 56.2 Å². The van der Waals surface area contributed by atoms with E-state index in [1.807, 2.05) is 0 Å². The minimum absolute atomic E-state index is 0.00648. The number of halogens is 3. The Morgan fingerprint density at radius 1 is 1.05 bits per heavy atom. The molecule has 3 atom stereocenters. The summed E-state index contributed by atoms with van der Waals surface area (Å²) in [6.07, 6.45) is -1.48. The van der Waals surface area contributed by atoms with Gasteiger partial charge in [-0.15, -0.1) is 0 Å². The van der Waals surface area contributed by atoms with Gasteiger partial charge in [-0.2, -0.15) is 18.3 Å². The van der Waals surface area contributed by atoms with Gasteiger partial charge in [0.2, 0.25) is 0 Å². The predicted molar refractivity (Wildman–Crippen MR) is 154 cm³/mol. The number of aromatic nitrogens is 4. The summed E-state index contributed by atoms with van der Waals surface area (Å²) >= 11 is 0. The number of hydrogen-bond acceptors (Lipinski definition) is 3. The highest BCUT2D eigenvalue weighted by Crippen LogP contribution is 2.40. The number of nitrogens with one attached hydrogen (secondary N) is 1. The number of likely N-dealkylation sites (tertiary alicyclic amines) is 1. The van der Waals surface area contributed by atoms with Crippen LogP contribution < -0.4 is 11.0 Å². The number of quaternary nitrogens is 1. The fourth-order valence-electron chi connectivity index (χ4n) is 6.94. The molecule has 1 N–H and O–H groups in total. The average molecular weight is 591 g/mol. The molecule has 4 aromatic rings. The molecule has 1 saturated heterocycles. The topological polar surface area (TPSA) is 78.2 Å². The van der Waals surface area contributed by atoms with Gasteiger partial charge in [-0.25, -0.2) is 23.7 Å². The van der Waals surface area contributed by atoms with Gasteiger partial charge in [-0.3, -0.25) is 4.57 Å². The van der Waals surface area contributed by atoms with Crippen LogP contribution in [-0.2, 0) is 6.18 Å². The van der Waals surface area contributed by atoms with Gasteiger partial charge in [0.25, 0.3) is 0 Å². The molecule has 9 nitrogen and oxygen atoms in total. The summed E-state index contributed by atoms with van der Waals surface area (Å²) in [4.78, 5) is 31.4. The van der Waals surface area contributed by atoms with E-state index in [4.69, 9.17) is 6.57 Å². The number of hydrogen-bond donors (Lipinski definition) is 1. The van der Waals surface area contributed by atoms with Gasteiger partial charge in [0.1, 0.15) is 5.69 Å². The maximum atomic E-state index is 14.0. The maximum Gasteiger partial charge on any atom is 0.416 e. The van der Waals surface area contributed by atoms with Crippen LogP contribution in [0.2, 0.25) is 0 Å². The van der Waals surface area contributed by atoms with Crippen LogP contribution in [0.4, 0.5) is 23.7 Å². The third-order valence-electron chi connectivity index (χ3n) is 8.65. The molecule has 0 radical (unpaired) electrons. The molecular formula is C31H31F3N7O2+. The quantitative estimate of drug-likeness (QED) is 0.255. The molecule has 1 amide bonds. The van der Waals surface area contributed by atoms with E-state index < -0.39 is 23.5 Å². The minimum atomic E-state index is -4.61. The summed E-state index contributed by atoms with van der Waals surface area (Å²) in [7, 11) is 4.41. The molecule has 2 aliphatic rings. The van der Waals surface area contributed by atoms with Crippen molar-refractivity contribution in [2.24, 2.45) is 11.8 Å². The zero-order valence-electron chi connectivity index (χ0n) is 24.0. The lowest BCUT2D eigenvalue weighted by molar-refractivity contribution is -0.881. The average Bonchev–Trinajstić information content (AvgIpc) is 3.68. The lowest BCUT2D eigenvalue weighted by atomic mass is 10.0. The molecule has 3 heterocycles. The van der Waals surface area contributed by atoms with Crippen LogP contribution in [0.1, 0.15) is 24.1 Å². The molecule has 6 rings (SSSR count). The number of benzene rings is 2. The predicted octanol–water partition coefficient (Wildman–Crippen LogP) is 5.41. The van der Waals surface area contributed by atoms with Gasteiger partial charge in [0.05, 0.1) is 68.3 Å². The Hall–Kier alpha value is -4.63. The van der Waals surface area contributed by atoms with Crippen molar-refractivity contribution in [2.75, 3.05) is 27.2 Å². The second kappa shape index (κ2) is 10.3. The van der Waals surface area contributed by atoms with Crippen LogP contribution in [0.3, 0.4) is 0 Å². The van der Waals surface area contributed by atoms with E-state index >= 15 is 0 Å². The van der Waals surface area contributed by atoms with E-state index in [2.05, 4.69) is 29.4 Å². The Morgan fingerprint density at radius 2 is 1.72 bits per heavy atom. The SMILES string of the molecule is [C-]#[N+]c1ccc(-n2nccc2-c2c(C)n(-c3cccc(C(F)(F)F)c3)c(=O)n2C(=O)NC2C[C@@H]3C[N+](C)(C)C[C@@H]3C2)cc1. The van der Waals surface area contributed by atoms with Crippen LogP contribution in [0, 0.1) is 25.3 Å². The molecule has 2 aromatic heterocycles. The van der Waals surface area contributed by atoms with Gasteiger partial charge < -0.3 is 9.80 Å².